The van der Waals surface area contributed by atoms with E-state index in [0.29, 0.717) is 17.1 Å². The summed E-state index contributed by atoms with van der Waals surface area (Å²) in [4.78, 5) is 14.7. The summed E-state index contributed by atoms with van der Waals surface area (Å²) in [5.41, 5.74) is 2.52. The van der Waals surface area contributed by atoms with Crippen LogP contribution in [0.15, 0.2) is 48.5 Å². The highest BCUT2D eigenvalue weighted by molar-refractivity contribution is 6.08. The van der Waals surface area contributed by atoms with E-state index in [2.05, 4.69) is 24.3 Å². The summed E-state index contributed by atoms with van der Waals surface area (Å²) in [5.74, 6) is 1.02. The number of allylic oxidation sites excluding steroid dienone is 1. The number of nitrogens with zero attached hydrogens (tertiary/aromatic N) is 1. The molecule has 0 amide bonds. The van der Waals surface area contributed by atoms with Gasteiger partial charge in [0, 0.05) is 12.2 Å². The van der Waals surface area contributed by atoms with Gasteiger partial charge in [0.25, 0.3) is 0 Å². The Morgan fingerprint density at radius 2 is 1.81 bits per heavy atom. The number of carbonyl (C=O) groups excluding carboxylic acids is 1. The van der Waals surface area contributed by atoms with Crippen molar-refractivity contribution in [3.05, 3.63) is 59.7 Å². The van der Waals surface area contributed by atoms with Crippen molar-refractivity contribution < 1.29 is 14.3 Å². The number of nitrogens with one attached hydrogen (secondary N) is 1. The lowest BCUT2D eigenvalue weighted by Crippen LogP contribution is -2.16. The molecule has 27 heavy (non-hydrogen) atoms. The van der Waals surface area contributed by atoms with Crippen molar-refractivity contribution in [1.82, 2.24) is 4.90 Å². The predicted octanol–water partition coefficient (Wildman–Crippen LogP) is 3.96. The van der Waals surface area contributed by atoms with E-state index in [1.165, 1.54) is 0 Å². The van der Waals surface area contributed by atoms with Crippen molar-refractivity contribution in [2.24, 2.45) is 0 Å². The van der Waals surface area contributed by atoms with Gasteiger partial charge < -0.3 is 19.7 Å². The first-order valence-corrected chi connectivity index (χ1v) is 8.96. The highest BCUT2D eigenvalue weighted by Gasteiger charge is 2.11. The zero-order valence-electron chi connectivity index (χ0n) is 16.5. The molecule has 144 valence electrons. The monoisotopic (exact) mass is 368 g/mol. The summed E-state index contributed by atoms with van der Waals surface area (Å²) in [5, 5.41) is 3.40. The van der Waals surface area contributed by atoms with Crippen LogP contribution in [0.1, 0.15) is 22.3 Å². The van der Waals surface area contributed by atoms with Crippen LogP contribution in [0.25, 0.3) is 6.08 Å². The predicted molar refractivity (Wildman–Crippen MR) is 111 cm³/mol. The van der Waals surface area contributed by atoms with Crippen LogP contribution in [-0.4, -0.2) is 52.1 Å². The number of hydrogen-bond donors (Lipinski definition) is 1. The van der Waals surface area contributed by atoms with Gasteiger partial charge in [-0.3, -0.25) is 4.79 Å². The topological polar surface area (TPSA) is 50.8 Å². The van der Waals surface area contributed by atoms with Crippen LogP contribution in [0.2, 0.25) is 0 Å². The molecule has 0 saturated heterocycles. The van der Waals surface area contributed by atoms with Crippen molar-refractivity contribution in [3.63, 3.8) is 0 Å². The molecule has 5 nitrogen and oxygen atoms in total. The van der Waals surface area contributed by atoms with Crippen LogP contribution in [0.5, 0.6) is 11.5 Å². The summed E-state index contributed by atoms with van der Waals surface area (Å²) in [6, 6.07) is 13.2. The average Bonchev–Trinajstić information content (AvgIpc) is 2.69. The van der Waals surface area contributed by atoms with Gasteiger partial charge in [-0.1, -0.05) is 18.2 Å². The van der Waals surface area contributed by atoms with Gasteiger partial charge in [0.2, 0.25) is 0 Å². The Balaban J connectivity index is 1.98. The number of benzene rings is 2. The quantitative estimate of drug-likeness (QED) is 0.391. The highest BCUT2D eigenvalue weighted by Crippen LogP contribution is 2.25. The van der Waals surface area contributed by atoms with Crippen LogP contribution < -0.4 is 14.8 Å². The number of anilines is 1. The fourth-order valence-corrected chi connectivity index (χ4v) is 2.61. The molecule has 1 N–H and O–H groups in total. The first kappa shape index (κ1) is 20.5. The van der Waals surface area contributed by atoms with E-state index in [4.69, 9.17) is 9.47 Å². The third-order valence-electron chi connectivity index (χ3n) is 4.12. The molecule has 0 heterocycles. The molecule has 2 rings (SSSR count). The molecule has 0 aliphatic carbocycles. The number of ketones is 1. The minimum absolute atomic E-state index is 0.128. The smallest absolute Gasteiger partial charge is 0.189 e. The normalized spacial score (nSPS) is 11.0. The van der Waals surface area contributed by atoms with Crippen molar-refractivity contribution in [3.8, 4) is 11.5 Å². The van der Waals surface area contributed by atoms with Gasteiger partial charge in [-0.2, -0.15) is 0 Å². The van der Waals surface area contributed by atoms with Crippen LogP contribution >= 0.6 is 0 Å². The number of rotatable bonds is 10. The summed E-state index contributed by atoms with van der Waals surface area (Å²) in [6.07, 6.45) is 4.44. The van der Waals surface area contributed by atoms with E-state index in [0.717, 1.165) is 30.8 Å². The zero-order chi connectivity index (χ0) is 19.6. The molecule has 5 heteroatoms. The summed E-state index contributed by atoms with van der Waals surface area (Å²) in [7, 11) is 7.27. The van der Waals surface area contributed by atoms with Crippen molar-refractivity contribution in [2.45, 2.75) is 6.42 Å². The molecule has 0 unspecified atom stereocenters. The van der Waals surface area contributed by atoms with Crippen LogP contribution in [-0.2, 0) is 0 Å². The molecule has 2 aromatic carbocycles. The summed E-state index contributed by atoms with van der Waals surface area (Å²) in [6.45, 7) is 1.99. The van der Waals surface area contributed by atoms with Crippen molar-refractivity contribution >= 4 is 17.5 Å². The first-order valence-electron chi connectivity index (χ1n) is 8.96. The molecule has 0 saturated carbocycles. The molecule has 0 aromatic heterocycles. The minimum atomic E-state index is -0.128. The molecule has 2 aromatic rings. The van der Waals surface area contributed by atoms with E-state index in [1.54, 1.807) is 44.6 Å². The van der Waals surface area contributed by atoms with Gasteiger partial charge in [0.1, 0.15) is 11.5 Å². The summed E-state index contributed by atoms with van der Waals surface area (Å²) >= 11 is 0. The third kappa shape index (κ3) is 6.46. The van der Waals surface area contributed by atoms with Gasteiger partial charge >= 0.3 is 0 Å². The number of carbonyl (C=O) groups is 1. The molecule has 0 spiro atoms. The number of hydrogen-bond acceptors (Lipinski definition) is 5. The Labute approximate surface area is 161 Å². The van der Waals surface area contributed by atoms with E-state index in [9.17, 15) is 4.79 Å². The van der Waals surface area contributed by atoms with E-state index in [1.807, 2.05) is 24.3 Å². The second-order valence-corrected chi connectivity index (χ2v) is 6.47. The van der Waals surface area contributed by atoms with Crippen molar-refractivity contribution in [2.75, 3.05) is 46.7 Å². The highest BCUT2D eigenvalue weighted by atomic mass is 16.5. The number of ether oxygens (including phenoxy) is 2. The molecule has 0 radical (unpaired) electrons. The number of methoxy groups -OCH3 is 2. The molecular weight excluding hydrogens is 340 g/mol. The van der Waals surface area contributed by atoms with Crippen molar-refractivity contribution in [1.29, 1.82) is 0 Å². The fraction of sp³-hybridized carbons (Fsp3) is 0.318. The van der Waals surface area contributed by atoms with E-state index >= 15 is 0 Å². The maximum Gasteiger partial charge on any atom is 0.189 e. The SMILES string of the molecule is COc1ccc(OC)c(C(=O)C=Cc2ccc(NCCCN(C)C)cc2)c1. The second-order valence-electron chi connectivity index (χ2n) is 6.47. The van der Waals surface area contributed by atoms with Gasteiger partial charge in [-0.05, 0) is 69.0 Å². The van der Waals surface area contributed by atoms with Gasteiger partial charge in [0.15, 0.2) is 5.78 Å². The Kier molecular flexibility index (Phi) is 7.89. The Hall–Kier alpha value is -2.79. The Morgan fingerprint density at radius 1 is 1.07 bits per heavy atom. The zero-order valence-corrected chi connectivity index (χ0v) is 16.5. The second kappa shape index (κ2) is 10.4. The minimum Gasteiger partial charge on any atom is -0.497 e. The maximum absolute atomic E-state index is 12.5. The standard InChI is InChI=1S/C22H28N2O3/c1-24(2)15-5-14-23-18-9-6-17(7-10-18)8-12-21(25)20-16-19(26-3)11-13-22(20)27-4/h6-13,16,23H,5,14-15H2,1-4H3. The lowest BCUT2D eigenvalue weighted by molar-refractivity contribution is 0.104. The van der Waals surface area contributed by atoms with Gasteiger partial charge in [0.05, 0.1) is 19.8 Å². The maximum atomic E-state index is 12.5. The largest absolute Gasteiger partial charge is 0.497 e. The average molecular weight is 368 g/mol. The summed E-state index contributed by atoms with van der Waals surface area (Å²) < 4.78 is 10.5. The van der Waals surface area contributed by atoms with Crippen LogP contribution in [0.4, 0.5) is 5.69 Å². The van der Waals surface area contributed by atoms with E-state index in [-0.39, 0.29) is 5.78 Å². The lowest BCUT2D eigenvalue weighted by atomic mass is 10.1. The first-order chi connectivity index (χ1) is 13.0. The van der Waals surface area contributed by atoms with E-state index < -0.39 is 0 Å². The Bertz CT molecular complexity index is 768. The molecule has 0 aliphatic rings. The third-order valence-corrected chi connectivity index (χ3v) is 4.12. The van der Waals surface area contributed by atoms with Crippen LogP contribution in [0, 0.1) is 0 Å². The molecule has 0 fully saturated rings. The Morgan fingerprint density at radius 3 is 2.44 bits per heavy atom. The fourth-order valence-electron chi connectivity index (χ4n) is 2.61. The molecule has 0 bridgehead atoms. The lowest BCUT2D eigenvalue weighted by Gasteiger charge is -2.10. The van der Waals surface area contributed by atoms with Gasteiger partial charge in [-0.25, -0.2) is 0 Å². The van der Waals surface area contributed by atoms with Gasteiger partial charge in [-0.15, -0.1) is 0 Å². The molecule has 0 atom stereocenters. The molecular formula is C22H28N2O3. The van der Waals surface area contributed by atoms with Crippen LogP contribution in [0.3, 0.4) is 0 Å². The molecule has 0 aliphatic heterocycles.